The van der Waals surface area contributed by atoms with Crippen LogP contribution in [-0.4, -0.2) is 25.2 Å². The summed E-state index contributed by atoms with van der Waals surface area (Å²) in [6.07, 6.45) is -10.1. The molecule has 0 spiro atoms. The van der Waals surface area contributed by atoms with E-state index in [2.05, 4.69) is 5.32 Å². The van der Waals surface area contributed by atoms with Crippen LogP contribution in [-0.2, 0) is 31.4 Å². The number of hydrogen-bond acceptors (Lipinski definition) is 6. The van der Waals surface area contributed by atoms with E-state index in [1.165, 1.54) is 12.1 Å². The maximum atomic E-state index is 13.3. The fourth-order valence-corrected chi connectivity index (χ4v) is 4.00. The number of benzene rings is 1. The van der Waals surface area contributed by atoms with Gasteiger partial charge in [-0.1, -0.05) is 0 Å². The molecule has 0 unspecified atom stereocenters. The number of alkyl halides is 6. The van der Waals surface area contributed by atoms with Crippen LogP contribution in [0.1, 0.15) is 50.5 Å². The molecule has 2 aromatic rings. The predicted molar refractivity (Wildman–Crippen MR) is 119 cm³/mol. The van der Waals surface area contributed by atoms with Crippen molar-refractivity contribution in [2.24, 2.45) is 0 Å². The highest BCUT2D eigenvalue weighted by molar-refractivity contribution is 5.99. The van der Waals surface area contributed by atoms with E-state index in [-0.39, 0.29) is 41.9 Å². The second-order valence-corrected chi connectivity index (χ2v) is 8.07. The van der Waals surface area contributed by atoms with E-state index in [0.29, 0.717) is 23.5 Å². The van der Waals surface area contributed by atoms with Crippen LogP contribution in [0.5, 0.6) is 0 Å². The first-order chi connectivity index (χ1) is 17.2. The third-order valence-electron chi connectivity index (χ3n) is 5.53. The molecule has 1 N–H and O–H groups in total. The van der Waals surface area contributed by atoms with Gasteiger partial charge in [0.05, 0.1) is 41.4 Å². The highest BCUT2D eigenvalue weighted by Crippen LogP contribution is 2.43. The number of nitrogens with one attached hydrogen (secondary N) is 1. The molecular weight excluding hydrogens is 508 g/mol. The number of hydrogen-bond donors (Lipinski definition) is 1. The molecule has 0 saturated carbocycles. The van der Waals surface area contributed by atoms with Crippen LogP contribution in [0.4, 0.5) is 26.3 Å². The van der Waals surface area contributed by atoms with Gasteiger partial charge in [0.15, 0.2) is 0 Å². The molecule has 0 radical (unpaired) electrons. The maximum Gasteiger partial charge on any atom is 0.416 e. The lowest BCUT2D eigenvalue weighted by molar-refractivity contribution is -0.143. The number of rotatable bonds is 6. The number of dihydropyridines is 1. The normalized spacial score (nSPS) is 15.1. The Morgan fingerprint density at radius 3 is 1.70 bits per heavy atom. The summed E-state index contributed by atoms with van der Waals surface area (Å²) in [6, 6.07) is 3.51. The van der Waals surface area contributed by atoms with E-state index >= 15 is 0 Å². The quantitative estimate of drug-likeness (QED) is 0.346. The number of halogens is 6. The fraction of sp³-hybridized carbons (Fsp3) is 0.360. The molecule has 1 aliphatic rings. The first-order valence-corrected chi connectivity index (χ1v) is 11.1. The summed E-state index contributed by atoms with van der Waals surface area (Å²) in [5.74, 6) is -3.17. The first-order valence-electron chi connectivity index (χ1n) is 11.1. The molecule has 3 rings (SSSR count). The van der Waals surface area contributed by atoms with Crippen LogP contribution in [0.25, 0.3) is 11.3 Å². The van der Waals surface area contributed by atoms with E-state index in [9.17, 15) is 35.9 Å². The van der Waals surface area contributed by atoms with Crippen molar-refractivity contribution >= 4 is 11.9 Å². The zero-order valence-corrected chi connectivity index (χ0v) is 20.2. The van der Waals surface area contributed by atoms with Gasteiger partial charge in [0.1, 0.15) is 11.5 Å². The van der Waals surface area contributed by atoms with Crippen LogP contribution in [0.3, 0.4) is 0 Å². The monoisotopic (exact) mass is 531 g/mol. The Morgan fingerprint density at radius 1 is 0.838 bits per heavy atom. The zero-order valence-electron chi connectivity index (χ0n) is 20.2. The van der Waals surface area contributed by atoms with Crippen LogP contribution in [0.15, 0.2) is 57.3 Å². The Bertz CT molecular complexity index is 1200. The Balaban J connectivity index is 2.20. The Hall–Kier alpha value is -3.70. The molecule has 2 heterocycles. The third kappa shape index (κ3) is 5.83. The minimum Gasteiger partial charge on any atom is -0.463 e. The van der Waals surface area contributed by atoms with Gasteiger partial charge in [-0.2, -0.15) is 26.3 Å². The molecule has 0 fully saturated rings. The van der Waals surface area contributed by atoms with Gasteiger partial charge in [0, 0.05) is 17.0 Å². The summed E-state index contributed by atoms with van der Waals surface area (Å²) in [5, 5.41) is 2.91. The van der Waals surface area contributed by atoms with Crippen molar-refractivity contribution in [1.82, 2.24) is 5.32 Å². The van der Waals surface area contributed by atoms with Gasteiger partial charge >= 0.3 is 24.3 Å². The second kappa shape index (κ2) is 10.3. The van der Waals surface area contributed by atoms with Gasteiger partial charge in [0.2, 0.25) is 0 Å². The Morgan fingerprint density at radius 2 is 1.30 bits per heavy atom. The average molecular weight is 531 g/mol. The molecule has 0 amide bonds. The van der Waals surface area contributed by atoms with Gasteiger partial charge < -0.3 is 19.2 Å². The van der Waals surface area contributed by atoms with Gasteiger partial charge in [-0.3, -0.25) is 0 Å². The van der Waals surface area contributed by atoms with Crippen LogP contribution in [0.2, 0.25) is 0 Å². The molecule has 0 bridgehead atoms. The van der Waals surface area contributed by atoms with Crippen LogP contribution in [0, 0.1) is 0 Å². The average Bonchev–Trinajstić information content (AvgIpc) is 3.27. The Kier molecular flexibility index (Phi) is 7.80. The topological polar surface area (TPSA) is 77.8 Å². The molecule has 6 nitrogen and oxygen atoms in total. The molecule has 37 heavy (non-hydrogen) atoms. The van der Waals surface area contributed by atoms with Crippen molar-refractivity contribution in [2.75, 3.05) is 13.2 Å². The fourth-order valence-electron chi connectivity index (χ4n) is 4.00. The largest absolute Gasteiger partial charge is 0.463 e. The highest BCUT2D eigenvalue weighted by Gasteiger charge is 2.41. The smallest absolute Gasteiger partial charge is 0.416 e. The number of carbonyl (C=O) groups is 2. The summed E-state index contributed by atoms with van der Waals surface area (Å²) < 4.78 is 96.0. The van der Waals surface area contributed by atoms with Gasteiger partial charge in [0.25, 0.3) is 0 Å². The maximum absolute atomic E-state index is 13.3. The molecule has 1 aromatic carbocycles. The van der Waals surface area contributed by atoms with Gasteiger partial charge in [-0.15, -0.1) is 0 Å². The molecule has 1 aromatic heterocycles. The number of allylic oxidation sites excluding steroid dienone is 2. The van der Waals surface area contributed by atoms with E-state index in [0.717, 1.165) is 0 Å². The minimum absolute atomic E-state index is 0.00757. The number of ether oxygens (including phenoxy) is 2. The molecule has 12 heteroatoms. The van der Waals surface area contributed by atoms with E-state index < -0.39 is 46.9 Å². The summed E-state index contributed by atoms with van der Waals surface area (Å²) in [6.45, 7) is 6.27. The molecule has 1 aliphatic heterocycles. The van der Waals surface area contributed by atoms with Crippen molar-refractivity contribution in [3.05, 3.63) is 69.8 Å². The molecule has 0 aliphatic carbocycles. The number of esters is 2. The van der Waals surface area contributed by atoms with E-state index in [1.54, 1.807) is 27.7 Å². The Labute approximate surface area is 207 Å². The van der Waals surface area contributed by atoms with Crippen LogP contribution >= 0.6 is 0 Å². The van der Waals surface area contributed by atoms with Crippen molar-refractivity contribution in [1.29, 1.82) is 0 Å². The second-order valence-electron chi connectivity index (χ2n) is 8.07. The zero-order chi connectivity index (χ0) is 27.7. The van der Waals surface area contributed by atoms with E-state index in [1.807, 2.05) is 0 Å². The SMILES string of the molecule is CCOC(=O)C1=C(C)NC(C)=C(C(=O)OCC)C1c1ccc(-c2cc(C(F)(F)F)cc(C(F)(F)F)c2)o1. The lowest BCUT2D eigenvalue weighted by atomic mass is 9.83. The predicted octanol–water partition coefficient (Wildman–Crippen LogP) is 6.35. The summed E-state index contributed by atoms with van der Waals surface area (Å²) in [4.78, 5) is 25.7. The standard InChI is InChI=1S/C25H23F6NO5/c1-5-35-22(33)19-12(3)32-13(4)20(23(34)36-6-2)21(19)18-8-7-17(37-18)14-9-15(24(26,27)28)11-16(10-14)25(29,30)31/h7-11,21,32H,5-6H2,1-4H3. The number of carbonyl (C=O) groups excluding carboxylic acids is 2. The van der Waals surface area contributed by atoms with Gasteiger partial charge in [-0.05, 0) is 58.0 Å². The molecule has 0 atom stereocenters. The van der Waals surface area contributed by atoms with E-state index in [4.69, 9.17) is 13.9 Å². The van der Waals surface area contributed by atoms with Gasteiger partial charge in [-0.25, -0.2) is 9.59 Å². The highest BCUT2D eigenvalue weighted by atomic mass is 19.4. The van der Waals surface area contributed by atoms with Crippen molar-refractivity contribution in [3.8, 4) is 11.3 Å². The third-order valence-corrected chi connectivity index (χ3v) is 5.53. The number of furan rings is 1. The summed E-state index contributed by atoms with van der Waals surface area (Å²) in [7, 11) is 0. The molecular formula is C25H23F6NO5. The summed E-state index contributed by atoms with van der Waals surface area (Å²) in [5.41, 5.74) is -2.89. The molecule has 0 saturated heterocycles. The lowest BCUT2D eigenvalue weighted by Crippen LogP contribution is -2.32. The van der Waals surface area contributed by atoms with Crippen molar-refractivity contribution in [2.45, 2.75) is 46.0 Å². The minimum atomic E-state index is -5.05. The van der Waals surface area contributed by atoms with Crippen LogP contribution < -0.4 is 5.32 Å². The van der Waals surface area contributed by atoms with Crippen molar-refractivity contribution < 1.29 is 49.8 Å². The molecule has 200 valence electrons. The summed E-state index contributed by atoms with van der Waals surface area (Å²) >= 11 is 0. The first kappa shape index (κ1) is 27.9. The lowest BCUT2D eigenvalue weighted by Gasteiger charge is -2.29. The van der Waals surface area contributed by atoms with Crippen molar-refractivity contribution in [3.63, 3.8) is 0 Å².